The Labute approximate surface area is 178 Å². The maximum Gasteiger partial charge on any atom is 0.530 e. The highest BCUT2D eigenvalue weighted by molar-refractivity contribution is 7.49. The van der Waals surface area contributed by atoms with E-state index >= 15 is 0 Å². The molecule has 1 aromatic carbocycles. The van der Waals surface area contributed by atoms with Crippen LogP contribution in [0.5, 0.6) is 5.75 Å². The molecular weight excluding hydrogens is 435 g/mol. The predicted molar refractivity (Wildman–Crippen MR) is 107 cm³/mol. The van der Waals surface area contributed by atoms with Gasteiger partial charge in [0, 0.05) is 23.8 Å². The molecule has 2 heterocycles. The number of hydrogen-bond donors (Lipinski definition) is 1. The summed E-state index contributed by atoms with van der Waals surface area (Å²) in [6, 6.07) is 4.88. The van der Waals surface area contributed by atoms with Gasteiger partial charge in [-0.2, -0.15) is 0 Å². The molecule has 1 saturated heterocycles. The molecule has 3 unspecified atom stereocenters. The highest BCUT2D eigenvalue weighted by Gasteiger charge is 2.37. The first-order chi connectivity index (χ1) is 14.4. The molecule has 30 heavy (non-hydrogen) atoms. The van der Waals surface area contributed by atoms with E-state index in [4.69, 9.17) is 36.3 Å². The van der Waals surface area contributed by atoms with Gasteiger partial charge in [0.25, 0.3) is 5.91 Å². The van der Waals surface area contributed by atoms with E-state index in [0.717, 1.165) is 0 Å². The molecule has 3 atom stereocenters. The molecule has 2 aliphatic heterocycles. The van der Waals surface area contributed by atoms with Gasteiger partial charge in [0.05, 0.1) is 19.3 Å². The standard InChI is InChI=1S/C19H20ClN2O7P/c1-3-13(19(24)21-2)9-22(12-23)18-7-5-16(28-18)11-27-30(25)26-10-14-8-15(20)4-6-17(14)29-30/h1,4,6,8-9,12,16,18H,5,7,10-11H2,2H3,(H,21,24)/b13-9-. The molecule has 9 nitrogen and oxygen atoms in total. The third-order valence-electron chi connectivity index (χ3n) is 4.47. The van der Waals surface area contributed by atoms with Crippen LogP contribution in [-0.4, -0.2) is 43.2 Å². The number of nitrogens with zero attached hydrogens (tertiary/aromatic N) is 1. The molecule has 2 amide bonds. The van der Waals surface area contributed by atoms with Crippen molar-refractivity contribution < 1.29 is 32.5 Å². The monoisotopic (exact) mass is 454 g/mol. The minimum atomic E-state index is -3.81. The van der Waals surface area contributed by atoms with Crippen molar-refractivity contribution in [1.82, 2.24) is 10.2 Å². The Morgan fingerprint density at radius 3 is 3.00 bits per heavy atom. The van der Waals surface area contributed by atoms with Gasteiger partial charge in [0.15, 0.2) is 0 Å². The number of terminal acetylenes is 1. The summed E-state index contributed by atoms with van der Waals surface area (Å²) in [4.78, 5) is 24.3. The van der Waals surface area contributed by atoms with Gasteiger partial charge in [0.1, 0.15) is 17.6 Å². The summed E-state index contributed by atoms with van der Waals surface area (Å²) in [5.74, 6) is 2.12. The van der Waals surface area contributed by atoms with Gasteiger partial charge >= 0.3 is 7.82 Å². The second-order valence-corrected chi connectivity index (χ2v) is 8.50. The van der Waals surface area contributed by atoms with E-state index in [-0.39, 0.29) is 18.8 Å². The Balaban J connectivity index is 1.57. The number of likely N-dealkylation sites (N-methyl/N-ethyl adjacent to an activating group) is 1. The lowest BCUT2D eigenvalue weighted by atomic mass is 10.2. The molecule has 3 rings (SSSR count). The highest BCUT2D eigenvalue weighted by Crippen LogP contribution is 2.55. The molecule has 160 valence electrons. The minimum absolute atomic E-state index is 0.0138. The van der Waals surface area contributed by atoms with Crippen molar-refractivity contribution in [2.75, 3.05) is 13.7 Å². The zero-order valence-corrected chi connectivity index (χ0v) is 17.7. The Hall–Kier alpha value is -2.34. The summed E-state index contributed by atoms with van der Waals surface area (Å²) in [7, 11) is -2.37. The predicted octanol–water partition coefficient (Wildman–Crippen LogP) is 2.60. The van der Waals surface area contributed by atoms with Crippen molar-refractivity contribution in [3.05, 3.63) is 40.6 Å². The van der Waals surface area contributed by atoms with E-state index in [0.29, 0.717) is 35.6 Å². The van der Waals surface area contributed by atoms with Crippen LogP contribution in [0.4, 0.5) is 0 Å². The number of halogens is 1. The number of rotatable bonds is 7. The number of nitrogens with one attached hydrogen (secondary N) is 1. The molecule has 0 bridgehead atoms. The van der Waals surface area contributed by atoms with Crippen LogP contribution in [0.25, 0.3) is 0 Å². The van der Waals surface area contributed by atoms with Crippen LogP contribution in [0.15, 0.2) is 30.0 Å². The number of ether oxygens (including phenoxy) is 1. The fourth-order valence-electron chi connectivity index (χ4n) is 2.94. The highest BCUT2D eigenvalue weighted by atomic mass is 35.5. The number of carbonyl (C=O) groups excluding carboxylic acids is 2. The topological polar surface area (TPSA) is 103 Å². The van der Waals surface area contributed by atoms with Gasteiger partial charge < -0.3 is 14.6 Å². The first-order valence-corrected chi connectivity index (χ1v) is 10.9. The van der Waals surface area contributed by atoms with E-state index in [1.807, 2.05) is 0 Å². The maximum atomic E-state index is 12.7. The van der Waals surface area contributed by atoms with Crippen LogP contribution < -0.4 is 9.84 Å². The molecule has 0 radical (unpaired) electrons. The second-order valence-electron chi connectivity index (χ2n) is 6.47. The Morgan fingerprint density at radius 2 is 2.30 bits per heavy atom. The van der Waals surface area contributed by atoms with E-state index in [1.54, 1.807) is 18.2 Å². The molecule has 2 aliphatic rings. The minimum Gasteiger partial charge on any atom is -0.404 e. The van der Waals surface area contributed by atoms with E-state index < -0.39 is 26.1 Å². The van der Waals surface area contributed by atoms with Crippen LogP contribution in [-0.2, 0) is 34.5 Å². The smallest absolute Gasteiger partial charge is 0.404 e. The first kappa shape index (κ1) is 22.3. The zero-order valence-electron chi connectivity index (χ0n) is 16.1. The van der Waals surface area contributed by atoms with E-state index in [9.17, 15) is 14.2 Å². The van der Waals surface area contributed by atoms with E-state index in [2.05, 4.69) is 11.2 Å². The Kier molecular flexibility index (Phi) is 7.19. The van der Waals surface area contributed by atoms with Crippen LogP contribution in [0.2, 0.25) is 5.02 Å². The van der Waals surface area contributed by atoms with Gasteiger partial charge in [-0.15, -0.1) is 6.42 Å². The van der Waals surface area contributed by atoms with Gasteiger partial charge in [-0.05, 0) is 31.0 Å². The third kappa shape index (κ3) is 5.22. The molecule has 1 aromatic rings. The van der Waals surface area contributed by atoms with Crippen molar-refractivity contribution in [2.24, 2.45) is 0 Å². The lowest BCUT2D eigenvalue weighted by molar-refractivity contribution is -0.127. The lowest BCUT2D eigenvalue weighted by Crippen LogP contribution is -2.32. The van der Waals surface area contributed by atoms with Crippen molar-refractivity contribution in [3.8, 4) is 18.1 Å². The third-order valence-corrected chi connectivity index (χ3v) is 6.04. The van der Waals surface area contributed by atoms with Gasteiger partial charge in [-0.1, -0.05) is 17.5 Å². The largest absolute Gasteiger partial charge is 0.530 e. The Bertz CT molecular complexity index is 945. The Morgan fingerprint density at radius 1 is 1.50 bits per heavy atom. The average molecular weight is 455 g/mol. The van der Waals surface area contributed by atoms with Crippen LogP contribution in [0, 0.1) is 12.3 Å². The number of carbonyl (C=O) groups is 2. The quantitative estimate of drug-likeness (QED) is 0.292. The SMILES string of the molecule is C#C/C(=C/N(C=O)C1CCC(COP2(=O)OCc3cc(Cl)ccc3O2)O1)C(=O)NC. The summed E-state index contributed by atoms with van der Waals surface area (Å²) in [5, 5.41) is 2.91. The van der Waals surface area contributed by atoms with Crippen molar-refractivity contribution in [3.63, 3.8) is 0 Å². The summed E-state index contributed by atoms with van der Waals surface area (Å²) in [6.45, 7) is -0.0239. The molecule has 0 saturated carbocycles. The van der Waals surface area contributed by atoms with Gasteiger partial charge in [-0.3, -0.25) is 23.5 Å². The molecule has 1 N–H and O–H groups in total. The average Bonchev–Trinajstić information content (AvgIpc) is 3.22. The summed E-state index contributed by atoms with van der Waals surface area (Å²) >= 11 is 5.92. The fourth-order valence-corrected chi connectivity index (χ4v) is 4.38. The second kappa shape index (κ2) is 9.65. The molecular formula is C19H20ClN2O7P. The normalized spacial score (nSPS) is 25.6. The van der Waals surface area contributed by atoms with E-state index in [1.165, 1.54) is 18.1 Å². The van der Waals surface area contributed by atoms with Crippen molar-refractivity contribution >= 4 is 31.7 Å². The van der Waals surface area contributed by atoms with Gasteiger partial charge in [0.2, 0.25) is 6.41 Å². The van der Waals surface area contributed by atoms with Crippen LogP contribution in [0.3, 0.4) is 0 Å². The number of phosphoric acid groups is 1. The number of fused-ring (bicyclic) bond motifs is 1. The zero-order chi connectivity index (χ0) is 21.7. The summed E-state index contributed by atoms with van der Waals surface area (Å²) in [5.41, 5.74) is 0.656. The fraction of sp³-hybridized carbons (Fsp3) is 0.368. The molecule has 0 aliphatic carbocycles. The number of benzene rings is 1. The summed E-state index contributed by atoms with van der Waals surface area (Å²) < 4.78 is 34.5. The number of phosphoric ester groups is 1. The lowest BCUT2D eigenvalue weighted by Gasteiger charge is -2.26. The molecule has 11 heteroatoms. The van der Waals surface area contributed by atoms with Crippen LogP contribution >= 0.6 is 19.4 Å². The first-order valence-electron chi connectivity index (χ1n) is 9.03. The number of hydrogen-bond acceptors (Lipinski definition) is 7. The van der Waals surface area contributed by atoms with Crippen LogP contribution in [0.1, 0.15) is 18.4 Å². The molecule has 1 fully saturated rings. The van der Waals surface area contributed by atoms with Crippen molar-refractivity contribution in [2.45, 2.75) is 31.8 Å². The van der Waals surface area contributed by atoms with Crippen molar-refractivity contribution in [1.29, 1.82) is 0 Å². The maximum absolute atomic E-state index is 12.7. The molecule has 0 aromatic heterocycles. The summed E-state index contributed by atoms with van der Waals surface area (Å²) in [6.07, 6.45) is 6.99. The molecule has 0 spiro atoms. The number of amides is 2. The van der Waals surface area contributed by atoms with Gasteiger partial charge in [-0.25, -0.2) is 4.57 Å².